The van der Waals surface area contributed by atoms with Crippen LogP contribution in [0.1, 0.15) is 58.8 Å². The summed E-state index contributed by atoms with van der Waals surface area (Å²) >= 11 is 0. The highest BCUT2D eigenvalue weighted by molar-refractivity contribution is 5.81. The molecule has 1 unspecified atom stereocenters. The molecule has 0 bridgehead atoms. The second-order valence-electron chi connectivity index (χ2n) is 5.36. The van der Waals surface area contributed by atoms with Crippen LogP contribution >= 0.6 is 0 Å². The van der Waals surface area contributed by atoms with Crippen molar-refractivity contribution in [3.63, 3.8) is 0 Å². The number of nitrogens with zero attached hydrogens (tertiary/aromatic N) is 1. The van der Waals surface area contributed by atoms with Crippen molar-refractivity contribution in [1.82, 2.24) is 4.90 Å². The first-order chi connectivity index (χ1) is 8.54. The Morgan fingerprint density at radius 1 is 1.33 bits per heavy atom. The molecule has 1 aliphatic rings. The zero-order valence-electron chi connectivity index (χ0n) is 11.5. The van der Waals surface area contributed by atoms with Crippen LogP contribution in [0.25, 0.3) is 0 Å². The molecule has 1 rings (SSSR count). The minimum absolute atomic E-state index is 0.00125. The van der Waals surface area contributed by atoms with E-state index in [9.17, 15) is 9.59 Å². The van der Waals surface area contributed by atoms with Gasteiger partial charge in [0.2, 0.25) is 5.91 Å². The van der Waals surface area contributed by atoms with Gasteiger partial charge in [0.1, 0.15) is 6.54 Å². The molecule has 0 spiro atoms. The van der Waals surface area contributed by atoms with Gasteiger partial charge in [-0.3, -0.25) is 9.59 Å². The molecule has 0 radical (unpaired) electrons. The summed E-state index contributed by atoms with van der Waals surface area (Å²) in [6.45, 7) is 3.72. The van der Waals surface area contributed by atoms with Crippen LogP contribution < -0.4 is 0 Å². The molecular weight excluding hydrogens is 230 g/mol. The molecule has 1 N–H and O–H groups in total. The molecule has 0 heterocycles. The average Bonchev–Trinajstić information content (AvgIpc) is 2.85. The van der Waals surface area contributed by atoms with Crippen molar-refractivity contribution in [3.8, 4) is 0 Å². The molecule has 0 aliphatic heterocycles. The number of carboxylic acid groups (broad SMARTS) is 1. The molecule has 0 aromatic carbocycles. The summed E-state index contributed by atoms with van der Waals surface area (Å²) in [5.41, 5.74) is 0. The third-order valence-electron chi connectivity index (χ3n) is 3.99. The van der Waals surface area contributed by atoms with Crippen LogP contribution in [-0.4, -0.2) is 34.5 Å². The molecule has 1 amide bonds. The monoisotopic (exact) mass is 255 g/mol. The number of hydrogen-bond donors (Lipinski definition) is 1. The summed E-state index contributed by atoms with van der Waals surface area (Å²) in [6.07, 6.45) is 7.24. The average molecular weight is 255 g/mol. The summed E-state index contributed by atoms with van der Waals surface area (Å²) in [5, 5.41) is 8.86. The second-order valence-corrected chi connectivity index (χ2v) is 5.36. The van der Waals surface area contributed by atoms with Crippen molar-refractivity contribution in [3.05, 3.63) is 0 Å². The van der Waals surface area contributed by atoms with Crippen molar-refractivity contribution >= 4 is 11.9 Å². The van der Waals surface area contributed by atoms with Crippen molar-refractivity contribution < 1.29 is 14.7 Å². The maximum absolute atomic E-state index is 12.1. The third-order valence-corrected chi connectivity index (χ3v) is 3.99. The van der Waals surface area contributed by atoms with Gasteiger partial charge in [-0.2, -0.15) is 0 Å². The summed E-state index contributed by atoms with van der Waals surface area (Å²) < 4.78 is 0. The number of hydrogen-bond acceptors (Lipinski definition) is 2. The minimum atomic E-state index is -0.926. The number of carboxylic acids is 1. The van der Waals surface area contributed by atoms with Crippen molar-refractivity contribution in [2.24, 2.45) is 5.92 Å². The lowest BCUT2D eigenvalue weighted by Crippen LogP contribution is -2.41. The van der Waals surface area contributed by atoms with Gasteiger partial charge >= 0.3 is 5.97 Å². The Morgan fingerprint density at radius 2 is 1.94 bits per heavy atom. The normalized spacial score (nSPS) is 17.7. The predicted molar refractivity (Wildman–Crippen MR) is 70.3 cm³/mol. The summed E-state index contributed by atoms with van der Waals surface area (Å²) in [5.74, 6) is -0.249. The maximum Gasteiger partial charge on any atom is 0.323 e. The Kier molecular flexibility index (Phi) is 6.16. The number of carbonyl (C=O) groups is 2. The number of aliphatic carboxylic acids is 1. The lowest BCUT2D eigenvalue weighted by atomic mass is 10.0. The van der Waals surface area contributed by atoms with E-state index in [1.54, 1.807) is 0 Å². The van der Waals surface area contributed by atoms with Crippen molar-refractivity contribution in [2.75, 3.05) is 6.54 Å². The molecule has 0 saturated heterocycles. The van der Waals surface area contributed by atoms with Gasteiger partial charge in [-0.25, -0.2) is 0 Å². The van der Waals surface area contributed by atoms with Gasteiger partial charge in [0.15, 0.2) is 0 Å². The lowest BCUT2D eigenvalue weighted by Gasteiger charge is -2.27. The van der Waals surface area contributed by atoms with Crippen molar-refractivity contribution in [1.29, 1.82) is 0 Å². The van der Waals surface area contributed by atoms with Crippen LogP contribution in [0.4, 0.5) is 0 Å². The Labute approximate surface area is 109 Å². The Morgan fingerprint density at radius 3 is 2.44 bits per heavy atom. The summed E-state index contributed by atoms with van der Waals surface area (Å²) in [6, 6.07) is 0.0113. The van der Waals surface area contributed by atoms with E-state index >= 15 is 0 Å². The Hall–Kier alpha value is -1.06. The van der Waals surface area contributed by atoms with E-state index in [0.717, 1.165) is 12.8 Å². The minimum Gasteiger partial charge on any atom is -0.480 e. The Bertz CT molecular complexity index is 285. The van der Waals surface area contributed by atoms with Crippen molar-refractivity contribution in [2.45, 2.75) is 64.8 Å². The first kappa shape index (κ1) is 15.0. The highest BCUT2D eigenvalue weighted by Crippen LogP contribution is 2.28. The zero-order chi connectivity index (χ0) is 13.5. The zero-order valence-corrected chi connectivity index (χ0v) is 11.5. The molecule has 4 nitrogen and oxygen atoms in total. The van der Waals surface area contributed by atoms with Gasteiger partial charge in [-0.15, -0.1) is 0 Å². The van der Waals surface area contributed by atoms with E-state index in [-0.39, 0.29) is 18.5 Å². The highest BCUT2D eigenvalue weighted by atomic mass is 16.4. The van der Waals surface area contributed by atoms with Crippen LogP contribution in [0, 0.1) is 5.92 Å². The van der Waals surface area contributed by atoms with Crippen LogP contribution in [0.15, 0.2) is 0 Å². The number of amides is 1. The van der Waals surface area contributed by atoms with Crippen LogP contribution in [0.2, 0.25) is 0 Å². The largest absolute Gasteiger partial charge is 0.480 e. The highest BCUT2D eigenvalue weighted by Gasteiger charge is 2.23. The standard InChI is InChI=1S/C14H25NO3/c1-3-11(2)15(10-14(17)18)13(16)9-8-12-6-4-5-7-12/h11-12H,3-10H2,1-2H3,(H,17,18). The summed E-state index contributed by atoms with van der Waals surface area (Å²) in [7, 11) is 0. The fourth-order valence-electron chi connectivity index (χ4n) is 2.63. The lowest BCUT2D eigenvalue weighted by molar-refractivity contribution is -0.146. The molecule has 0 aromatic rings. The maximum atomic E-state index is 12.1. The first-order valence-corrected chi connectivity index (χ1v) is 7.05. The summed E-state index contributed by atoms with van der Waals surface area (Å²) in [4.78, 5) is 24.4. The van der Waals surface area contributed by atoms with E-state index in [4.69, 9.17) is 5.11 Å². The van der Waals surface area contributed by atoms with E-state index in [1.807, 2.05) is 13.8 Å². The third kappa shape index (κ3) is 4.67. The van der Waals surface area contributed by atoms with Crippen LogP contribution in [-0.2, 0) is 9.59 Å². The van der Waals surface area contributed by atoms with E-state index in [0.29, 0.717) is 12.3 Å². The van der Waals surface area contributed by atoms with Gasteiger partial charge < -0.3 is 10.0 Å². The van der Waals surface area contributed by atoms with Gasteiger partial charge in [-0.1, -0.05) is 32.6 Å². The quantitative estimate of drug-likeness (QED) is 0.761. The van der Waals surface area contributed by atoms with Gasteiger partial charge in [-0.05, 0) is 25.7 Å². The molecule has 4 heteroatoms. The molecule has 104 valence electrons. The van der Waals surface area contributed by atoms with Gasteiger partial charge in [0, 0.05) is 12.5 Å². The molecule has 0 aromatic heterocycles. The molecule has 1 aliphatic carbocycles. The molecule has 1 saturated carbocycles. The fraction of sp³-hybridized carbons (Fsp3) is 0.857. The molecule has 1 atom stereocenters. The fourth-order valence-corrected chi connectivity index (χ4v) is 2.63. The van der Waals surface area contributed by atoms with E-state index in [1.165, 1.54) is 30.6 Å². The predicted octanol–water partition coefficient (Wildman–Crippen LogP) is 2.67. The van der Waals surface area contributed by atoms with Crippen LogP contribution in [0.3, 0.4) is 0 Å². The van der Waals surface area contributed by atoms with Gasteiger partial charge in [0.25, 0.3) is 0 Å². The first-order valence-electron chi connectivity index (χ1n) is 7.05. The Balaban J connectivity index is 2.44. The SMILES string of the molecule is CCC(C)N(CC(=O)O)C(=O)CCC1CCCC1. The number of carbonyl (C=O) groups excluding carboxylic acids is 1. The molecular formula is C14H25NO3. The van der Waals surface area contributed by atoms with E-state index in [2.05, 4.69) is 0 Å². The van der Waals surface area contributed by atoms with E-state index < -0.39 is 5.97 Å². The number of rotatable bonds is 7. The van der Waals surface area contributed by atoms with Crippen LogP contribution in [0.5, 0.6) is 0 Å². The molecule has 1 fully saturated rings. The topological polar surface area (TPSA) is 57.6 Å². The molecule has 18 heavy (non-hydrogen) atoms. The smallest absolute Gasteiger partial charge is 0.323 e. The van der Waals surface area contributed by atoms with Gasteiger partial charge in [0.05, 0.1) is 0 Å². The second kappa shape index (κ2) is 7.39.